The normalized spacial score (nSPS) is 33.1. The van der Waals surface area contributed by atoms with Crippen LogP contribution in [0, 0.1) is 0 Å². The van der Waals surface area contributed by atoms with Crippen molar-refractivity contribution in [1.29, 1.82) is 0 Å². The summed E-state index contributed by atoms with van der Waals surface area (Å²) in [6.07, 6.45) is -0.163. The van der Waals surface area contributed by atoms with Crippen LogP contribution in [0.1, 0.15) is 25.3 Å². The molecular weight excluding hydrogens is 298 g/mol. The van der Waals surface area contributed by atoms with Crippen molar-refractivity contribution in [3.63, 3.8) is 0 Å². The molecule has 2 heterocycles. The average Bonchev–Trinajstić information content (AvgIpc) is 2.41. The number of halogens is 1. The van der Waals surface area contributed by atoms with Crippen LogP contribution in [0.15, 0.2) is 24.3 Å². The zero-order valence-electron chi connectivity index (χ0n) is 11.3. The zero-order chi connectivity index (χ0) is 15.2. The number of rotatable bonds is 1. The largest absolute Gasteiger partial charge is 0.436 e. The number of ether oxygens (including phenoxy) is 1. The van der Waals surface area contributed by atoms with Crippen molar-refractivity contribution < 1.29 is 24.3 Å². The van der Waals surface area contributed by atoms with Crippen LogP contribution < -0.4 is 0 Å². The lowest BCUT2D eigenvalue weighted by atomic mass is 9.87. The Morgan fingerprint density at radius 1 is 1.38 bits per heavy atom. The van der Waals surface area contributed by atoms with E-state index < -0.39 is 23.8 Å². The Bertz CT molecular complexity index is 607. The average molecular weight is 312 g/mol. The number of aliphatic hydroxyl groups is 1. The number of carbonyl (C=O) groups excluding carboxylic acids is 2. The van der Waals surface area contributed by atoms with Crippen molar-refractivity contribution in [2.24, 2.45) is 0 Å². The van der Waals surface area contributed by atoms with Crippen LogP contribution in [0.4, 0.5) is 0 Å². The van der Waals surface area contributed by atoms with Crippen LogP contribution in [0.25, 0.3) is 0 Å². The molecule has 6 nitrogen and oxygen atoms in total. The van der Waals surface area contributed by atoms with E-state index in [1.165, 1.54) is 5.06 Å². The van der Waals surface area contributed by atoms with Gasteiger partial charge in [0.15, 0.2) is 0 Å². The summed E-state index contributed by atoms with van der Waals surface area (Å²) in [7, 11) is 0. The van der Waals surface area contributed by atoms with Gasteiger partial charge < -0.3 is 14.7 Å². The van der Waals surface area contributed by atoms with Crippen LogP contribution >= 0.6 is 11.6 Å². The quantitative estimate of drug-likeness (QED) is 0.623. The number of esters is 1. The molecule has 3 rings (SSSR count). The van der Waals surface area contributed by atoms with E-state index in [0.717, 1.165) is 0 Å². The van der Waals surface area contributed by atoms with Crippen molar-refractivity contribution in [3.05, 3.63) is 34.9 Å². The molecular formula is C14H14ClNO5. The van der Waals surface area contributed by atoms with Gasteiger partial charge in [-0.15, -0.1) is 0 Å². The first-order valence-electron chi connectivity index (χ1n) is 6.61. The molecule has 0 aliphatic carbocycles. The van der Waals surface area contributed by atoms with Crippen LogP contribution in [0.3, 0.4) is 0 Å². The minimum Gasteiger partial charge on any atom is -0.428 e. The lowest BCUT2D eigenvalue weighted by Crippen LogP contribution is -2.63. The first kappa shape index (κ1) is 14.3. The Labute approximate surface area is 126 Å². The topological polar surface area (TPSA) is 76.1 Å². The third-order valence-corrected chi connectivity index (χ3v) is 4.00. The van der Waals surface area contributed by atoms with Gasteiger partial charge in [-0.1, -0.05) is 28.8 Å². The fraction of sp³-hybridized carbons (Fsp3) is 0.429. The molecule has 0 radical (unpaired) electrons. The number of hydrogen-bond acceptors (Lipinski definition) is 6. The van der Waals surface area contributed by atoms with Gasteiger partial charge in [0.2, 0.25) is 5.72 Å². The second-order valence-corrected chi connectivity index (χ2v) is 5.77. The second-order valence-electron chi connectivity index (χ2n) is 5.33. The van der Waals surface area contributed by atoms with E-state index in [4.69, 9.17) is 21.2 Å². The number of carbonyl (C=O) groups is 2. The molecule has 1 aromatic carbocycles. The molecule has 0 spiro atoms. The SMILES string of the molecule is CC1CC(O)CC2(c3cccc(Cl)c3)OC(=O)C(=O)ON12. The minimum atomic E-state index is -1.34. The van der Waals surface area contributed by atoms with Crippen LogP contribution in [-0.4, -0.2) is 34.3 Å². The third-order valence-electron chi connectivity index (χ3n) is 3.77. The first-order chi connectivity index (χ1) is 9.92. The van der Waals surface area contributed by atoms with Gasteiger partial charge in [0, 0.05) is 17.0 Å². The molecule has 1 N–H and O–H groups in total. The fourth-order valence-electron chi connectivity index (χ4n) is 2.95. The highest BCUT2D eigenvalue weighted by Crippen LogP contribution is 2.44. The molecule has 1 aromatic rings. The van der Waals surface area contributed by atoms with Gasteiger partial charge in [0.05, 0.1) is 12.1 Å². The predicted octanol–water partition coefficient (Wildman–Crippen LogP) is 1.35. The summed E-state index contributed by atoms with van der Waals surface area (Å²) >= 11 is 6.00. The Kier molecular flexibility index (Phi) is 3.39. The monoisotopic (exact) mass is 311 g/mol. The van der Waals surface area contributed by atoms with Gasteiger partial charge in [0.1, 0.15) is 0 Å². The molecule has 0 amide bonds. The van der Waals surface area contributed by atoms with Gasteiger partial charge in [0.25, 0.3) is 0 Å². The number of hydroxylamine groups is 2. The molecule has 112 valence electrons. The van der Waals surface area contributed by atoms with E-state index in [1.54, 1.807) is 31.2 Å². The zero-order valence-corrected chi connectivity index (χ0v) is 12.0. The van der Waals surface area contributed by atoms with Crippen LogP contribution in [0.2, 0.25) is 5.02 Å². The first-order valence-corrected chi connectivity index (χ1v) is 6.99. The summed E-state index contributed by atoms with van der Waals surface area (Å²) in [6, 6.07) is 6.44. The van der Waals surface area contributed by atoms with Gasteiger partial charge in [-0.05, 0) is 25.5 Å². The maximum Gasteiger partial charge on any atom is 0.436 e. The number of nitrogens with zero attached hydrogens (tertiary/aromatic N) is 1. The summed E-state index contributed by atoms with van der Waals surface area (Å²) in [4.78, 5) is 28.3. The summed E-state index contributed by atoms with van der Waals surface area (Å²) < 4.78 is 5.37. The van der Waals surface area contributed by atoms with E-state index in [0.29, 0.717) is 17.0 Å². The van der Waals surface area contributed by atoms with Crippen molar-refractivity contribution >= 4 is 23.5 Å². The minimum absolute atomic E-state index is 0.108. The Hall–Kier alpha value is -1.63. The van der Waals surface area contributed by atoms with E-state index in [9.17, 15) is 14.7 Å². The number of benzene rings is 1. The predicted molar refractivity (Wildman–Crippen MR) is 71.9 cm³/mol. The molecule has 21 heavy (non-hydrogen) atoms. The van der Waals surface area contributed by atoms with Crippen LogP contribution in [0.5, 0.6) is 0 Å². The summed E-state index contributed by atoms with van der Waals surface area (Å²) in [5.41, 5.74) is -0.783. The molecule has 2 aliphatic heterocycles. The van der Waals surface area contributed by atoms with Gasteiger partial charge >= 0.3 is 11.9 Å². The Morgan fingerprint density at radius 2 is 2.14 bits per heavy atom. The molecule has 0 bridgehead atoms. The van der Waals surface area contributed by atoms with E-state index >= 15 is 0 Å². The van der Waals surface area contributed by atoms with Gasteiger partial charge in [-0.2, -0.15) is 0 Å². The second kappa shape index (κ2) is 4.98. The Morgan fingerprint density at radius 3 is 2.86 bits per heavy atom. The van der Waals surface area contributed by atoms with Crippen molar-refractivity contribution in [3.8, 4) is 0 Å². The highest BCUT2D eigenvalue weighted by molar-refractivity contribution is 6.31. The van der Waals surface area contributed by atoms with Gasteiger partial charge in [-0.3, -0.25) is 0 Å². The highest BCUT2D eigenvalue weighted by atomic mass is 35.5. The molecule has 2 saturated heterocycles. The molecule has 2 fully saturated rings. The van der Waals surface area contributed by atoms with Crippen molar-refractivity contribution in [1.82, 2.24) is 5.06 Å². The molecule has 0 aromatic heterocycles. The molecule has 0 saturated carbocycles. The lowest BCUT2D eigenvalue weighted by Gasteiger charge is -2.50. The standard InChI is InChI=1S/C14H14ClNO5/c1-8-5-11(17)7-14(9-3-2-4-10(15)6-9)16(8)21-13(19)12(18)20-14/h2-4,6,8,11,17H,5,7H2,1H3. The molecule has 7 heteroatoms. The van der Waals surface area contributed by atoms with E-state index in [-0.39, 0.29) is 12.5 Å². The van der Waals surface area contributed by atoms with Crippen molar-refractivity contribution in [2.75, 3.05) is 0 Å². The maximum absolute atomic E-state index is 11.7. The molecule has 3 unspecified atom stereocenters. The number of aliphatic hydroxyl groups excluding tert-OH is 1. The maximum atomic E-state index is 11.7. The third kappa shape index (κ3) is 2.29. The Balaban J connectivity index is 2.12. The highest BCUT2D eigenvalue weighted by Gasteiger charge is 2.56. The number of fused-ring (bicyclic) bond motifs is 1. The van der Waals surface area contributed by atoms with E-state index in [2.05, 4.69) is 0 Å². The van der Waals surface area contributed by atoms with E-state index in [1.807, 2.05) is 0 Å². The summed E-state index contributed by atoms with van der Waals surface area (Å²) in [5, 5.41) is 11.9. The smallest absolute Gasteiger partial charge is 0.428 e. The van der Waals surface area contributed by atoms with Gasteiger partial charge in [-0.25, -0.2) is 9.59 Å². The van der Waals surface area contributed by atoms with Crippen molar-refractivity contribution in [2.45, 2.75) is 37.6 Å². The fourth-order valence-corrected chi connectivity index (χ4v) is 3.14. The molecule has 2 aliphatic rings. The summed E-state index contributed by atoms with van der Waals surface area (Å²) in [5.74, 6) is -2.14. The number of hydrogen-bond donors (Lipinski definition) is 1. The lowest BCUT2D eigenvalue weighted by molar-refractivity contribution is -0.346. The molecule has 3 atom stereocenters. The summed E-state index contributed by atoms with van der Waals surface area (Å²) in [6.45, 7) is 1.79. The number of piperidine rings is 1. The van der Waals surface area contributed by atoms with Crippen LogP contribution in [-0.2, 0) is 24.9 Å².